The number of esters is 1. The summed E-state index contributed by atoms with van der Waals surface area (Å²) in [5, 5.41) is 9.01. The summed E-state index contributed by atoms with van der Waals surface area (Å²) in [6.07, 6.45) is 1.19. The normalized spacial score (nSPS) is 49.1. The quantitative estimate of drug-likeness (QED) is 0.590. The highest BCUT2D eigenvalue weighted by Crippen LogP contribution is 2.54. The van der Waals surface area contributed by atoms with Crippen LogP contribution in [0.15, 0.2) is 0 Å². The van der Waals surface area contributed by atoms with E-state index >= 15 is 0 Å². The van der Waals surface area contributed by atoms with Crippen molar-refractivity contribution in [2.45, 2.75) is 24.5 Å². The molecule has 3 aliphatic heterocycles. The van der Waals surface area contributed by atoms with E-state index in [4.69, 9.17) is 14.6 Å². The topological polar surface area (TPSA) is 72.8 Å². The summed E-state index contributed by atoms with van der Waals surface area (Å²) in [6, 6.07) is 0. The summed E-state index contributed by atoms with van der Waals surface area (Å²) in [6.45, 7) is 0.233. The third kappa shape index (κ3) is 0.744. The van der Waals surface area contributed by atoms with E-state index in [1.165, 1.54) is 0 Å². The average Bonchev–Trinajstić information content (AvgIpc) is 2.75. The first kappa shape index (κ1) is 8.23. The number of aliphatic carboxylic acids is 1. The molecule has 0 radical (unpaired) electrons. The number of rotatable bonds is 1. The fourth-order valence-electron chi connectivity index (χ4n) is 2.97. The zero-order chi connectivity index (χ0) is 9.92. The van der Waals surface area contributed by atoms with Crippen LogP contribution in [0.3, 0.4) is 0 Å². The van der Waals surface area contributed by atoms with Crippen molar-refractivity contribution in [1.29, 1.82) is 0 Å². The lowest BCUT2D eigenvalue weighted by atomic mass is 9.73. The molecule has 0 aromatic heterocycles. The molecule has 0 aliphatic carbocycles. The second kappa shape index (κ2) is 2.28. The van der Waals surface area contributed by atoms with Crippen molar-refractivity contribution in [1.82, 2.24) is 0 Å². The van der Waals surface area contributed by atoms with E-state index in [-0.39, 0.29) is 12.7 Å². The maximum atomic E-state index is 11.4. The molecule has 1 N–H and O–H groups in total. The molecule has 0 saturated carbocycles. The molecule has 3 heterocycles. The van der Waals surface area contributed by atoms with E-state index in [9.17, 15) is 9.59 Å². The highest BCUT2D eigenvalue weighted by atomic mass is 16.6. The molecule has 5 nitrogen and oxygen atoms in total. The SMILES string of the molecule is O=C(O)[C@H]1[C@H]2C(=O)OC[C@]23CC[C@H]1O3. The van der Waals surface area contributed by atoms with Gasteiger partial charge in [0.15, 0.2) is 0 Å². The maximum absolute atomic E-state index is 11.4. The Labute approximate surface area is 80.0 Å². The summed E-state index contributed by atoms with van der Waals surface area (Å²) in [5.74, 6) is -2.61. The van der Waals surface area contributed by atoms with Gasteiger partial charge < -0.3 is 14.6 Å². The molecule has 1 spiro atoms. The van der Waals surface area contributed by atoms with E-state index in [0.717, 1.165) is 12.8 Å². The molecule has 3 fully saturated rings. The number of carbonyl (C=O) groups excluding carboxylic acids is 1. The van der Waals surface area contributed by atoms with Crippen molar-refractivity contribution in [2.24, 2.45) is 11.8 Å². The van der Waals surface area contributed by atoms with Crippen LogP contribution < -0.4 is 0 Å². The van der Waals surface area contributed by atoms with E-state index in [1.807, 2.05) is 0 Å². The average molecular weight is 198 g/mol. The lowest BCUT2D eigenvalue weighted by Crippen LogP contribution is -2.41. The Bertz CT molecular complexity index is 325. The van der Waals surface area contributed by atoms with Crippen molar-refractivity contribution in [3.63, 3.8) is 0 Å². The Morgan fingerprint density at radius 3 is 3.07 bits per heavy atom. The Kier molecular flexibility index (Phi) is 1.34. The first-order valence-electron chi connectivity index (χ1n) is 4.71. The van der Waals surface area contributed by atoms with Crippen molar-refractivity contribution in [2.75, 3.05) is 6.61 Å². The van der Waals surface area contributed by atoms with Crippen LogP contribution in [0.1, 0.15) is 12.8 Å². The molecule has 5 heteroatoms. The zero-order valence-corrected chi connectivity index (χ0v) is 7.43. The number of cyclic esters (lactones) is 1. The van der Waals surface area contributed by atoms with Crippen LogP contribution in [0, 0.1) is 11.8 Å². The summed E-state index contributed by atoms with van der Waals surface area (Å²) >= 11 is 0. The van der Waals surface area contributed by atoms with Crippen LogP contribution >= 0.6 is 0 Å². The molecule has 4 atom stereocenters. The molecule has 0 aromatic rings. The molecule has 3 saturated heterocycles. The number of fused-ring (bicyclic) bond motifs is 1. The van der Waals surface area contributed by atoms with Gasteiger partial charge in [-0.15, -0.1) is 0 Å². The van der Waals surface area contributed by atoms with Gasteiger partial charge in [0.1, 0.15) is 18.1 Å². The highest BCUT2D eigenvalue weighted by Gasteiger charge is 2.68. The third-order valence-corrected chi connectivity index (χ3v) is 3.56. The lowest BCUT2D eigenvalue weighted by molar-refractivity contribution is -0.153. The molecule has 0 unspecified atom stereocenters. The largest absolute Gasteiger partial charge is 0.481 e. The van der Waals surface area contributed by atoms with Gasteiger partial charge >= 0.3 is 11.9 Å². The van der Waals surface area contributed by atoms with Crippen molar-refractivity contribution < 1.29 is 24.2 Å². The fourth-order valence-corrected chi connectivity index (χ4v) is 2.97. The van der Waals surface area contributed by atoms with Crippen molar-refractivity contribution in [3.8, 4) is 0 Å². The minimum Gasteiger partial charge on any atom is -0.481 e. The van der Waals surface area contributed by atoms with Crippen LogP contribution in [-0.4, -0.2) is 35.4 Å². The summed E-state index contributed by atoms with van der Waals surface area (Å²) in [4.78, 5) is 22.4. The number of carboxylic acids is 1. The van der Waals surface area contributed by atoms with Gasteiger partial charge in [0.25, 0.3) is 0 Å². The smallest absolute Gasteiger partial charge is 0.313 e. The molecule has 0 aromatic carbocycles. The van der Waals surface area contributed by atoms with Crippen LogP contribution in [0.4, 0.5) is 0 Å². The van der Waals surface area contributed by atoms with Gasteiger partial charge in [-0.05, 0) is 12.8 Å². The maximum Gasteiger partial charge on any atom is 0.313 e. The molecule has 76 valence electrons. The second-order valence-corrected chi connectivity index (χ2v) is 4.21. The lowest BCUT2D eigenvalue weighted by Gasteiger charge is -2.23. The Morgan fingerprint density at radius 2 is 2.36 bits per heavy atom. The molecule has 0 amide bonds. The summed E-state index contributed by atoms with van der Waals surface area (Å²) < 4.78 is 10.5. The third-order valence-electron chi connectivity index (χ3n) is 3.56. The predicted octanol–water partition coefficient (Wildman–Crippen LogP) is -0.208. The van der Waals surface area contributed by atoms with Gasteiger partial charge in [0.05, 0.1) is 12.0 Å². The monoisotopic (exact) mass is 198 g/mol. The van der Waals surface area contributed by atoms with E-state index in [0.29, 0.717) is 0 Å². The van der Waals surface area contributed by atoms with Gasteiger partial charge in [-0.2, -0.15) is 0 Å². The summed E-state index contributed by atoms with van der Waals surface area (Å²) in [5.41, 5.74) is -0.606. The molecular weight excluding hydrogens is 188 g/mol. The highest BCUT2D eigenvalue weighted by molar-refractivity contribution is 5.85. The number of carboxylic acid groups (broad SMARTS) is 1. The predicted molar refractivity (Wildman–Crippen MR) is 42.4 cm³/mol. The van der Waals surface area contributed by atoms with Gasteiger partial charge in [0, 0.05) is 0 Å². The summed E-state index contributed by atoms with van der Waals surface area (Å²) in [7, 11) is 0. The van der Waals surface area contributed by atoms with E-state index in [1.54, 1.807) is 0 Å². The molecular formula is C9H10O5. The minimum absolute atomic E-state index is 0.233. The van der Waals surface area contributed by atoms with Crippen molar-refractivity contribution >= 4 is 11.9 Å². The van der Waals surface area contributed by atoms with Gasteiger partial charge in [-0.3, -0.25) is 9.59 Å². The minimum atomic E-state index is -0.944. The number of ether oxygens (including phenoxy) is 2. The zero-order valence-electron chi connectivity index (χ0n) is 7.43. The number of hydrogen-bond donors (Lipinski definition) is 1. The fraction of sp³-hybridized carbons (Fsp3) is 0.778. The van der Waals surface area contributed by atoms with Gasteiger partial charge in [0.2, 0.25) is 0 Å². The van der Waals surface area contributed by atoms with Gasteiger partial charge in [-0.25, -0.2) is 0 Å². The molecule has 2 bridgehead atoms. The molecule has 14 heavy (non-hydrogen) atoms. The number of carbonyl (C=O) groups is 2. The van der Waals surface area contributed by atoms with Crippen LogP contribution in [-0.2, 0) is 19.1 Å². The molecule has 3 aliphatic rings. The molecule has 3 rings (SSSR count). The number of hydrogen-bond acceptors (Lipinski definition) is 4. The van der Waals surface area contributed by atoms with Crippen LogP contribution in [0.2, 0.25) is 0 Å². The van der Waals surface area contributed by atoms with E-state index < -0.39 is 29.4 Å². The Hall–Kier alpha value is -1.10. The first-order chi connectivity index (χ1) is 6.64. The van der Waals surface area contributed by atoms with Gasteiger partial charge in [-0.1, -0.05) is 0 Å². The van der Waals surface area contributed by atoms with Crippen LogP contribution in [0.25, 0.3) is 0 Å². The second-order valence-electron chi connectivity index (χ2n) is 4.21. The standard InChI is InChI=1S/C9H10O5/c10-7(11)5-4-1-2-9(14-4)3-13-8(12)6(5)9/h4-6H,1-3H2,(H,10,11)/t4-,5-,6+,9-/m1/s1. The first-order valence-corrected chi connectivity index (χ1v) is 4.71. The van der Waals surface area contributed by atoms with Crippen molar-refractivity contribution in [3.05, 3.63) is 0 Å². The Morgan fingerprint density at radius 1 is 1.57 bits per heavy atom. The van der Waals surface area contributed by atoms with E-state index in [2.05, 4.69) is 0 Å². The van der Waals surface area contributed by atoms with Crippen LogP contribution in [0.5, 0.6) is 0 Å². The Balaban J connectivity index is 2.03.